The second kappa shape index (κ2) is 3.91. The lowest BCUT2D eigenvalue weighted by Gasteiger charge is -1.99. The molecule has 0 bridgehead atoms. The molecule has 0 aliphatic rings. The first-order valence-electron chi connectivity index (χ1n) is 6.03. The highest BCUT2D eigenvalue weighted by atomic mass is 16.5. The third-order valence-electron chi connectivity index (χ3n) is 3.30. The molecule has 1 aromatic carbocycles. The van der Waals surface area contributed by atoms with Crippen molar-refractivity contribution in [1.29, 1.82) is 0 Å². The molecule has 2 heterocycles. The van der Waals surface area contributed by atoms with E-state index in [1.165, 1.54) is 0 Å². The molecule has 4 heteroatoms. The van der Waals surface area contributed by atoms with Crippen LogP contribution in [0.4, 0.5) is 5.69 Å². The lowest BCUT2D eigenvalue weighted by atomic mass is 10.1. The third-order valence-corrected chi connectivity index (χ3v) is 3.30. The molecule has 0 spiro atoms. The van der Waals surface area contributed by atoms with Crippen molar-refractivity contribution in [2.45, 2.75) is 20.3 Å². The van der Waals surface area contributed by atoms with Crippen molar-refractivity contribution in [2.24, 2.45) is 0 Å². The van der Waals surface area contributed by atoms with E-state index in [1.807, 2.05) is 25.1 Å². The number of H-pyrrole nitrogens is 1. The maximum absolute atomic E-state index is 5.91. The van der Waals surface area contributed by atoms with Gasteiger partial charge in [0.2, 0.25) is 0 Å². The molecule has 18 heavy (non-hydrogen) atoms. The van der Waals surface area contributed by atoms with Gasteiger partial charge in [-0.25, -0.2) is 0 Å². The van der Waals surface area contributed by atoms with Crippen molar-refractivity contribution in [3.8, 4) is 11.5 Å². The van der Waals surface area contributed by atoms with Gasteiger partial charge in [0.15, 0.2) is 5.76 Å². The summed E-state index contributed by atoms with van der Waals surface area (Å²) in [6.45, 7) is 4.07. The highest BCUT2D eigenvalue weighted by molar-refractivity contribution is 5.91. The molecule has 0 unspecified atom stereocenters. The number of nitrogens with two attached hydrogens (primary N) is 1. The Hall–Kier alpha value is -2.23. The highest BCUT2D eigenvalue weighted by Crippen LogP contribution is 2.29. The first-order chi connectivity index (χ1) is 8.69. The number of nitrogens with one attached hydrogen (secondary N) is 1. The van der Waals surface area contributed by atoms with E-state index >= 15 is 0 Å². The average Bonchev–Trinajstić information content (AvgIpc) is 2.99. The van der Waals surface area contributed by atoms with Crippen LogP contribution in [0.2, 0.25) is 0 Å². The van der Waals surface area contributed by atoms with E-state index in [1.54, 1.807) is 0 Å². The summed E-state index contributed by atoms with van der Waals surface area (Å²) in [5.74, 6) is 0.765. The van der Waals surface area contributed by atoms with Gasteiger partial charge in [0.05, 0.1) is 11.4 Å². The molecule has 0 atom stereocenters. The van der Waals surface area contributed by atoms with E-state index in [2.05, 4.69) is 23.1 Å². The van der Waals surface area contributed by atoms with Crippen LogP contribution in [0.25, 0.3) is 22.4 Å². The molecule has 2 aromatic heterocycles. The molecular formula is C14H15N3O. The number of hydrogen-bond acceptors (Lipinski definition) is 3. The molecule has 0 saturated heterocycles. The van der Waals surface area contributed by atoms with E-state index in [9.17, 15) is 0 Å². The Morgan fingerprint density at radius 3 is 2.89 bits per heavy atom. The number of aromatic nitrogens is 2. The number of nitrogen functional groups attached to an aromatic ring is 1. The Balaban J connectivity index is 2.16. The fraction of sp³-hybridized carbons (Fsp3) is 0.214. The Kier molecular flexibility index (Phi) is 2.37. The minimum atomic E-state index is 0.765. The van der Waals surface area contributed by atoms with Gasteiger partial charge in [0.1, 0.15) is 0 Å². The van der Waals surface area contributed by atoms with Gasteiger partial charge in [-0.1, -0.05) is 12.1 Å². The van der Waals surface area contributed by atoms with Crippen LogP contribution in [0.15, 0.2) is 28.8 Å². The Morgan fingerprint density at radius 1 is 1.33 bits per heavy atom. The number of benzene rings is 1. The van der Waals surface area contributed by atoms with Crippen LogP contribution in [-0.4, -0.2) is 10.1 Å². The van der Waals surface area contributed by atoms with Gasteiger partial charge in [0.25, 0.3) is 0 Å². The normalized spacial score (nSPS) is 11.2. The Morgan fingerprint density at radius 2 is 2.17 bits per heavy atom. The summed E-state index contributed by atoms with van der Waals surface area (Å²) in [6, 6.07) is 7.92. The van der Waals surface area contributed by atoms with E-state index in [0.717, 1.165) is 45.7 Å². The second-order valence-electron chi connectivity index (χ2n) is 4.46. The smallest absolute Gasteiger partial charge is 0.183 e. The molecule has 3 N–H and O–H groups in total. The van der Waals surface area contributed by atoms with Gasteiger partial charge < -0.3 is 15.2 Å². The number of anilines is 1. The summed E-state index contributed by atoms with van der Waals surface area (Å²) >= 11 is 0. The van der Waals surface area contributed by atoms with Crippen molar-refractivity contribution >= 4 is 16.6 Å². The van der Waals surface area contributed by atoms with Gasteiger partial charge >= 0.3 is 0 Å². The lowest BCUT2D eigenvalue weighted by molar-refractivity contribution is 0.423. The molecule has 0 aliphatic heterocycles. The molecule has 3 aromatic rings. The van der Waals surface area contributed by atoms with Crippen molar-refractivity contribution in [3.63, 3.8) is 0 Å². The summed E-state index contributed by atoms with van der Waals surface area (Å²) in [5.41, 5.74) is 10.8. The Bertz CT molecular complexity index is 709. The van der Waals surface area contributed by atoms with Crippen LogP contribution in [0, 0.1) is 6.92 Å². The van der Waals surface area contributed by atoms with E-state index < -0.39 is 0 Å². The van der Waals surface area contributed by atoms with Gasteiger partial charge in [-0.3, -0.25) is 0 Å². The van der Waals surface area contributed by atoms with Crippen LogP contribution in [0.5, 0.6) is 0 Å². The molecule has 0 aliphatic carbocycles. The minimum absolute atomic E-state index is 0.765. The summed E-state index contributed by atoms with van der Waals surface area (Å²) in [5, 5.41) is 5.13. The standard InChI is InChI=1S/C14H15N3O/c1-3-9-6-14(18-17-9)13-7-10-8(2)11(15)4-5-12(10)16-13/h4-7,16H,3,15H2,1-2H3. The van der Waals surface area contributed by atoms with Crippen LogP contribution in [0.1, 0.15) is 18.2 Å². The van der Waals surface area contributed by atoms with E-state index in [4.69, 9.17) is 10.3 Å². The number of aromatic amines is 1. The van der Waals surface area contributed by atoms with Crippen molar-refractivity contribution < 1.29 is 4.52 Å². The zero-order valence-electron chi connectivity index (χ0n) is 10.4. The minimum Gasteiger partial charge on any atom is -0.398 e. The second-order valence-corrected chi connectivity index (χ2v) is 4.46. The van der Waals surface area contributed by atoms with Crippen molar-refractivity contribution in [3.05, 3.63) is 35.5 Å². The van der Waals surface area contributed by atoms with Crippen molar-refractivity contribution in [1.82, 2.24) is 10.1 Å². The van der Waals surface area contributed by atoms with Crippen molar-refractivity contribution in [2.75, 3.05) is 5.73 Å². The predicted molar refractivity (Wildman–Crippen MR) is 72.3 cm³/mol. The number of rotatable bonds is 2. The average molecular weight is 241 g/mol. The van der Waals surface area contributed by atoms with Gasteiger partial charge in [-0.05, 0) is 37.1 Å². The quantitative estimate of drug-likeness (QED) is 0.676. The molecule has 4 nitrogen and oxygen atoms in total. The maximum atomic E-state index is 5.91. The molecular weight excluding hydrogens is 226 g/mol. The van der Waals surface area contributed by atoms with E-state index in [-0.39, 0.29) is 0 Å². The first-order valence-corrected chi connectivity index (χ1v) is 6.03. The summed E-state index contributed by atoms with van der Waals surface area (Å²) in [4.78, 5) is 3.33. The number of aryl methyl sites for hydroxylation is 2. The third kappa shape index (κ3) is 1.57. The highest BCUT2D eigenvalue weighted by Gasteiger charge is 2.11. The van der Waals surface area contributed by atoms with E-state index in [0.29, 0.717) is 0 Å². The number of hydrogen-bond donors (Lipinski definition) is 2. The fourth-order valence-corrected chi connectivity index (χ4v) is 2.10. The van der Waals surface area contributed by atoms with Crippen LogP contribution >= 0.6 is 0 Å². The molecule has 0 radical (unpaired) electrons. The van der Waals surface area contributed by atoms with Crippen LogP contribution < -0.4 is 5.73 Å². The largest absolute Gasteiger partial charge is 0.398 e. The zero-order valence-corrected chi connectivity index (χ0v) is 10.4. The first kappa shape index (κ1) is 10.9. The molecule has 92 valence electrons. The number of nitrogens with zero attached hydrogens (tertiary/aromatic N) is 1. The predicted octanol–water partition coefficient (Wildman–Crippen LogP) is 3.28. The maximum Gasteiger partial charge on any atom is 0.183 e. The van der Waals surface area contributed by atoms with Gasteiger partial charge in [0, 0.05) is 22.7 Å². The molecule has 0 fully saturated rings. The molecule has 3 rings (SSSR count). The fourth-order valence-electron chi connectivity index (χ4n) is 2.10. The topological polar surface area (TPSA) is 67.8 Å². The van der Waals surface area contributed by atoms with Gasteiger partial charge in [-0.2, -0.15) is 0 Å². The number of fused-ring (bicyclic) bond motifs is 1. The lowest BCUT2D eigenvalue weighted by Crippen LogP contribution is -1.88. The van der Waals surface area contributed by atoms with Gasteiger partial charge in [-0.15, -0.1) is 0 Å². The summed E-state index contributed by atoms with van der Waals surface area (Å²) < 4.78 is 5.33. The van der Waals surface area contributed by atoms with Crippen LogP contribution in [0.3, 0.4) is 0 Å². The zero-order chi connectivity index (χ0) is 12.7. The SMILES string of the molecule is CCc1cc(-c2cc3c(C)c(N)ccc3[nH]2)on1. The molecule has 0 saturated carbocycles. The Labute approximate surface area is 105 Å². The van der Waals surface area contributed by atoms with Crippen LogP contribution in [-0.2, 0) is 6.42 Å². The molecule has 0 amide bonds. The summed E-state index contributed by atoms with van der Waals surface area (Å²) in [7, 11) is 0. The summed E-state index contributed by atoms with van der Waals surface area (Å²) in [6.07, 6.45) is 0.871. The monoisotopic (exact) mass is 241 g/mol.